The van der Waals surface area contributed by atoms with E-state index in [0.717, 1.165) is 12.8 Å². The van der Waals surface area contributed by atoms with E-state index >= 15 is 0 Å². The van der Waals surface area contributed by atoms with Gasteiger partial charge in [-0.15, -0.1) is 0 Å². The number of Topliss-reactive ketones (excluding diaryl/α,β-unsaturated/α-hetero) is 1. The predicted molar refractivity (Wildman–Crippen MR) is 124 cm³/mol. The molecule has 2 aromatic carbocycles. The summed E-state index contributed by atoms with van der Waals surface area (Å²) in [4.78, 5) is 13.3. The third kappa shape index (κ3) is 3.99. The number of hydrogen-bond acceptors (Lipinski definition) is 7. The molecule has 0 amide bonds. The molecule has 3 N–H and O–H groups in total. The van der Waals surface area contributed by atoms with Crippen molar-refractivity contribution in [1.29, 1.82) is 0 Å². The van der Waals surface area contributed by atoms with E-state index in [9.17, 15) is 20.1 Å². The van der Waals surface area contributed by atoms with Crippen LogP contribution in [0.25, 0.3) is 6.08 Å². The molecular weight excluding hydrogens is 424 g/mol. The van der Waals surface area contributed by atoms with Crippen LogP contribution < -0.4 is 14.2 Å². The van der Waals surface area contributed by atoms with E-state index in [0.29, 0.717) is 11.3 Å². The number of hydrogen-bond donors (Lipinski definition) is 3. The summed E-state index contributed by atoms with van der Waals surface area (Å²) >= 11 is 0. The van der Waals surface area contributed by atoms with Crippen LogP contribution in [-0.4, -0.2) is 40.4 Å². The molecule has 174 valence electrons. The van der Waals surface area contributed by atoms with Gasteiger partial charge >= 0.3 is 0 Å². The molecule has 1 unspecified atom stereocenters. The van der Waals surface area contributed by atoms with Crippen LogP contribution in [0, 0.1) is 0 Å². The summed E-state index contributed by atoms with van der Waals surface area (Å²) in [5.74, 6) is -1.68. The van der Waals surface area contributed by atoms with Gasteiger partial charge in [-0.05, 0) is 51.8 Å². The molecule has 0 saturated heterocycles. The second-order valence-corrected chi connectivity index (χ2v) is 8.86. The third-order valence-corrected chi connectivity index (χ3v) is 6.10. The Labute approximate surface area is 192 Å². The van der Waals surface area contributed by atoms with E-state index in [1.165, 1.54) is 30.9 Å². The van der Waals surface area contributed by atoms with Gasteiger partial charge in [0.2, 0.25) is 5.75 Å². The van der Waals surface area contributed by atoms with E-state index in [1.54, 1.807) is 0 Å². The number of benzene rings is 2. The molecule has 0 radical (unpaired) electrons. The molecule has 2 atom stereocenters. The number of rotatable bonds is 5. The van der Waals surface area contributed by atoms with E-state index < -0.39 is 28.8 Å². The number of ketones is 1. The molecule has 4 rings (SSSR count). The molecule has 0 bridgehead atoms. The fourth-order valence-corrected chi connectivity index (χ4v) is 4.26. The van der Waals surface area contributed by atoms with Crippen molar-refractivity contribution in [2.45, 2.75) is 45.1 Å². The maximum absolute atomic E-state index is 13.3. The Balaban J connectivity index is 1.67. The van der Waals surface area contributed by atoms with Crippen molar-refractivity contribution in [2.24, 2.45) is 0 Å². The monoisotopic (exact) mass is 452 g/mol. The Morgan fingerprint density at radius 1 is 1.24 bits per heavy atom. The summed E-state index contributed by atoms with van der Waals surface area (Å²) in [7, 11) is 1.36. The Morgan fingerprint density at radius 2 is 2.00 bits per heavy atom. The van der Waals surface area contributed by atoms with Crippen LogP contribution in [-0.2, 0) is 0 Å². The minimum absolute atomic E-state index is 0.0288. The quantitative estimate of drug-likeness (QED) is 0.429. The van der Waals surface area contributed by atoms with Crippen molar-refractivity contribution in [3.8, 4) is 34.5 Å². The predicted octanol–water partition coefficient (Wildman–Crippen LogP) is 5.08. The van der Waals surface area contributed by atoms with Crippen molar-refractivity contribution >= 4 is 11.9 Å². The smallest absolute Gasteiger partial charge is 0.200 e. The lowest BCUT2D eigenvalue weighted by Crippen LogP contribution is -2.33. The standard InChI is InChI=1S/C26H28O7/c1-14(2)6-5-10-26(3)11-9-16-20(33-26)12-18(27)21-22(28)17(13-32-25(16)21)15-7-8-19(31-4)24(30)23(15)29/h6-9,11-12,17,27,29-30H,5,10,13H2,1-4H3/t17-,26?/m1/s1. The Bertz CT molecular complexity index is 1170. The van der Waals surface area contributed by atoms with Gasteiger partial charge in [-0.2, -0.15) is 0 Å². The molecule has 2 heterocycles. The fraction of sp³-hybridized carbons (Fsp3) is 0.346. The highest BCUT2D eigenvalue weighted by molar-refractivity contribution is 6.08. The van der Waals surface area contributed by atoms with E-state index in [-0.39, 0.29) is 35.0 Å². The van der Waals surface area contributed by atoms with Gasteiger partial charge in [-0.25, -0.2) is 0 Å². The molecule has 0 spiro atoms. The number of aromatic hydroxyl groups is 3. The first-order valence-electron chi connectivity index (χ1n) is 10.8. The fourth-order valence-electron chi connectivity index (χ4n) is 4.26. The number of phenols is 3. The molecule has 0 aliphatic carbocycles. The molecule has 0 saturated carbocycles. The summed E-state index contributed by atoms with van der Waals surface area (Å²) in [5.41, 5.74) is 1.51. The molecule has 0 aromatic heterocycles. The number of fused-ring (bicyclic) bond motifs is 3. The van der Waals surface area contributed by atoms with Gasteiger partial charge in [0, 0.05) is 11.6 Å². The van der Waals surface area contributed by atoms with Crippen molar-refractivity contribution in [1.82, 2.24) is 0 Å². The van der Waals surface area contributed by atoms with E-state index in [4.69, 9.17) is 14.2 Å². The van der Waals surface area contributed by atoms with Crippen LogP contribution in [0.15, 0.2) is 35.9 Å². The zero-order valence-corrected chi connectivity index (χ0v) is 19.1. The lowest BCUT2D eigenvalue weighted by Gasteiger charge is -2.34. The zero-order chi connectivity index (χ0) is 23.9. The summed E-state index contributed by atoms with van der Waals surface area (Å²) < 4.78 is 17.1. The minimum atomic E-state index is -0.902. The number of carbonyl (C=O) groups excluding carboxylic acids is 1. The van der Waals surface area contributed by atoms with E-state index in [1.807, 2.05) is 32.9 Å². The summed E-state index contributed by atoms with van der Waals surface area (Å²) in [6.45, 7) is 6.01. The third-order valence-electron chi connectivity index (χ3n) is 6.10. The first-order valence-corrected chi connectivity index (χ1v) is 10.8. The highest BCUT2D eigenvalue weighted by atomic mass is 16.5. The minimum Gasteiger partial charge on any atom is -0.507 e. The Kier molecular flexibility index (Phi) is 5.74. The van der Waals surface area contributed by atoms with Gasteiger partial charge in [0.25, 0.3) is 0 Å². The second-order valence-electron chi connectivity index (χ2n) is 8.86. The van der Waals surface area contributed by atoms with Crippen molar-refractivity contribution in [3.63, 3.8) is 0 Å². The largest absolute Gasteiger partial charge is 0.507 e. The van der Waals surface area contributed by atoms with Gasteiger partial charge in [0.15, 0.2) is 17.3 Å². The first-order chi connectivity index (χ1) is 15.6. The molecule has 2 aliphatic heterocycles. The molecule has 2 aromatic rings. The summed E-state index contributed by atoms with van der Waals surface area (Å²) in [6, 6.07) is 4.40. The lowest BCUT2D eigenvalue weighted by molar-refractivity contribution is 0.0886. The number of carbonyl (C=O) groups is 1. The molecule has 0 fully saturated rings. The SMILES string of the molecule is COc1ccc([C@H]2COc3c4c(cc(O)c3C2=O)OC(C)(CCC=C(C)C)C=C4)c(O)c1O. The Morgan fingerprint density at radius 3 is 2.70 bits per heavy atom. The van der Waals surface area contributed by atoms with Crippen molar-refractivity contribution in [3.05, 3.63) is 52.6 Å². The highest BCUT2D eigenvalue weighted by Crippen LogP contribution is 2.49. The van der Waals surface area contributed by atoms with Gasteiger partial charge in [-0.3, -0.25) is 4.79 Å². The summed E-state index contributed by atoms with van der Waals surface area (Å²) in [6.07, 6.45) is 7.57. The van der Waals surface area contributed by atoms with Gasteiger partial charge < -0.3 is 29.5 Å². The maximum atomic E-state index is 13.3. The van der Waals surface area contributed by atoms with E-state index in [2.05, 4.69) is 6.08 Å². The number of allylic oxidation sites excluding steroid dienone is 2. The summed E-state index contributed by atoms with van der Waals surface area (Å²) in [5, 5.41) is 31.3. The molecule has 7 heteroatoms. The van der Waals surface area contributed by atoms with Crippen molar-refractivity contribution in [2.75, 3.05) is 13.7 Å². The first kappa shape index (κ1) is 22.6. The average Bonchev–Trinajstić information content (AvgIpc) is 2.75. The molecule has 2 aliphatic rings. The molecule has 7 nitrogen and oxygen atoms in total. The van der Waals surface area contributed by atoms with Crippen molar-refractivity contribution < 1.29 is 34.3 Å². The molecular formula is C26H28O7. The van der Waals surface area contributed by atoms with Crippen LogP contribution in [0.4, 0.5) is 0 Å². The van der Waals surface area contributed by atoms with Crippen LogP contribution in [0.1, 0.15) is 61.0 Å². The maximum Gasteiger partial charge on any atom is 0.200 e. The number of phenolic OH excluding ortho intramolecular Hbond substituents is 3. The van der Waals surface area contributed by atoms with Crippen LogP contribution in [0.2, 0.25) is 0 Å². The number of methoxy groups -OCH3 is 1. The topological polar surface area (TPSA) is 105 Å². The normalized spacial score (nSPS) is 20.8. The number of ether oxygens (including phenoxy) is 3. The van der Waals surface area contributed by atoms with Gasteiger partial charge in [0.1, 0.15) is 35.0 Å². The van der Waals surface area contributed by atoms with Gasteiger partial charge in [0.05, 0.1) is 18.6 Å². The van der Waals surface area contributed by atoms with Crippen LogP contribution in [0.5, 0.6) is 34.5 Å². The van der Waals surface area contributed by atoms with Gasteiger partial charge in [-0.1, -0.05) is 17.7 Å². The lowest BCUT2D eigenvalue weighted by atomic mass is 9.85. The molecule has 33 heavy (non-hydrogen) atoms. The highest BCUT2D eigenvalue weighted by Gasteiger charge is 2.39. The zero-order valence-electron chi connectivity index (χ0n) is 19.1. The van der Waals surface area contributed by atoms with Crippen LogP contribution >= 0.6 is 0 Å². The second kappa shape index (κ2) is 8.39. The Hall–Kier alpha value is -3.61. The average molecular weight is 453 g/mol. The van der Waals surface area contributed by atoms with Crippen LogP contribution in [0.3, 0.4) is 0 Å².